The number of hydrogen-bond acceptors (Lipinski definition) is 6. The Labute approximate surface area is 194 Å². The number of nitrogens with two attached hydrogens (primary N) is 1. The maximum atomic E-state index is 14.0. The van der Waals surface area contributed by atoms with Crippen LogP contribution in [0.2, 0.25) is 0 Å². The van der Waals surface area contributed by atoms with Gasteiger partial charge in [0.15, 0.2) is 5.78 Å². The third-order valence-electron chi connectivity index (χ3n) is 6.13. The first-order valence-corrected chi connectivity index (χ1v) is 10.7. The van der Waals surface area contributed by atoms with Crippen LogP contribution in [0.4, 0.5) is 18.9 Å². The van der Waals surface area contributed by atoms with E-state index in [-0.39, 0.29) is 41.3 Å². The van der Waals surface area contributed by atoms with Crippen LogP contribution in [-0.4, -0.2) is 23.8 Å². The largest absolute Gasteiger partial charge is 0.466 e. The normalized spacial score (nSPS) is 20.4. The predicted octanol–water partition coefficient (Wildman–Crippen LogP) is 4.69. The van der Waals surface area contributed by atoms with Gasteiger partial charge in [0.2, 0.25) is 0 Å². The van der Waals surface area contributed by atoms with E-state index in [1.165, 1.54) is 29.3 Å². The van der Waals surface area contributed by atoms with E-state index in [0.717, 1.165) is 13.2 Å². The summed E-state index contributed by atoms with van der Waals surface area (Å²) in [4.78, 5) is 31.8. The lowest BCUT2D eigenvalue weighted by molar-refractivity contribution is -0.137. The van der Waals surface area contributed by atoms with E-state index >= 15 is 0 Å². The number of aromatic nitrogens is 1. The molecule has 0 bridgehead atoms. The van der Waals surface area contributed by atoms with Gasteiger partial charge >= 0.3 is 12.1 Å². The molecule has 1 aliphatic carbocycles. The topological polar surface area (TPSA) is 85.5 Å². The number of para-hydroxylation sites is 1. The fraction of sp³-hybridized carbons (Fsp3) is 0.320. The molecule has 2 aliphatic rings. The summed E-state index contributed by atoms with van der Waals surface area (Å²) in [6, 6.07) is 8.32. The van der Waals surface area contributed by atoms with Gasteiger partial charge in [0.05, 0.1) is 29.9 Å². The van der Waals surface area contributed by atoms with Crippen molar-refractivity contribution in [1.82, 2.24) is 4.98 Å². The zero-order valence-corrected chi connectivity index (χ0v) is 18.9. The Bertz CT molecular complexity index is 1220. The number of carbonyl (C=O) groups excluding carboxylic acids is 2. The SMILES string of the molecule is COC(=O)C1=C(N)N(c2ccccc2C(F)(F)F)C2=C(C(=O)CC(C)(C)C2)C1c1cccnc1. The van der Waals surface area contributed by atoms with E-state index < -0.39 is 29.0 Å². The monoisotopic (exact) mass is 471 g/mol. The highest BCUT2D eigenvalue weighted by Crippen LogP contribution is 2.51. The number of nitrogens with zero attached hydrogens (tertiary/aromatic N) is 2. The number of allylic oxidation sites excluding steroid dienone is 2. The van der Waals surface area contributed by atoms with Gasteiger partial charge in [-0.25, -0.2) is 4.79 Å². The summed E-state index contributed by atoms with van der Waals surface area (Å²) in [5, 5.41) is 0. The molecule has 2 N–H and O–H groups in total. The van der Waals surface area contributed by atoms with Crippen LogP contribution in [-0.2, 0) is 20.5 Å². The first-order valence-electron chi connectivity index (χ1n) is 10.7. The molecular weight excluding hydrogens is 447 g/mol. The lowest BCUT2D eigenvalue weighted by Gasteiger charge is -2.44. The Morgan fingerprint density at radius 3 is 2.50 bits per heavy atom. The number of rotatable bonds is 3. The Kier molecular flexibility index (Phi) is 5.75. The van der Waals surface area contributed by atoms with Crippen LogP contribution in [0, 0.1) is 5.41 Å². The van der Waals surface area contributed by atoms with E-state index in [1.807, 2.05) is 13.8 Å². The summed E-state index contributed by atoms with van der Waals surface area (Å²) < 4.78 is 46.9. The molecule has 0 amide bonds. The van der Waals surface area contributed by atoms with Gasteiger partial charge in [-0.05, 0) is 35.6 Å². The molecule has 0 saturated heterocycles. The quantitative estimate of drug-likeness (QED) is 0.654. The number of ketones is 1. The van der Waals surface area contributed by atoms with Crippen molar-refractivity contribution in [3.8, 4) is 0 Å². The summed E-state index contributed by atoms with van der Waals surface area (Å²) in [5.74, 6) is -2.20. The molecule has 6 nitrogen and oxygen atoms in total. The molecule has 1 aromatic heterocycles. The third-order valence-corrected chi connectivity index (χ3v) is 6.13. The number of Topliss-reactive ketones (excluding diaryl/α,β-unsaturated/α-hetero) is 1. The Hall–Kier alpha value is -3.62. The van der Waals surface area contributed by atoms with Crippen LogP contribution in [0.3, 0.4) is 0 Å². The van der Waals surface area contributed by atoms with E-state index in [2.05, 4.69) is 4.98 Å². The fourth-order valence-electron chi connectivity index (χ4n) is 4.78. The highest BCUT2D eigenvalue weighted by Gasteiger charge is 2.48. The van der Waals surface area contributed by atoms with Crippen molar-refractivity contribution in [2.24, 2.45) is 11.1 Å². The molecule has 0 radical (unpaired) electrons. The van der Waals surface area contributed by atoms with Gasteiger partial charge in [0.25, 0.3) is 0 Å². The number of halogens is 3. The van der Waals surface area contributed by atoms with Crippen LogP contribution < -0.4 is 10.6 Å². The van der Waals surface area contributed by atoms with Gasteiger partial charge in [0.1, 0.15) is 5.82 Å². The summed E-state index contributed by atoms with van der Waals surface area (Å²) in [5.41, 5.74) is 5.79. The van der Waals surface area contributed by atoms with E-state index in [1.54, 1.807) is 18.3 Å². The van der Waals surface area contributed by atoms with Crippen LogP contribution in [0.1, 0.15) is 43.7 Å². The Morgan fingerprint density at radius 1 is 1.18 bits per heavy atom. The molecule has 0 saturated carbocycles. The molecular formula is C25H24F3N3O3. The molecule has 178 valence electrons. The van der Waals surface area contributed by atoms with Gasteiger partial charge in [0, 0.05) is 30.1 Å². The fourth-order valence-corrected chi connectivity index (χ4v) is 4.78. The number of pyridine rings is 1. The van der Waals surface area contributed by atoms with Crippen molar-refractivity contribution < 1.29 is 27.5 Å². The highest BCUT2D eigenvalue weighted by atomic mass is 19.4. The van der Waals surface area contributed by atoms with E-state index in [0.29, 0.717) is 11.3 Å². The van der Waals surface area contributed by atoms with Crippen LogP contribution in [0.15, 0.2) is 71.5 Å². The zero-order valence-electron chi connectivity index (χ0n) is 18.9. The molecule has 0 spiro atoms. The number of carbonyl (C=O) groups is 2. The summed E-state index contributed by atoms with van der Waals surface area (Å²) in [6.45, 7) is 3.74. The van der Waals surface area contributed by atoms with Crippen molar-refractivity contribution in [3.05, 3.63) is 82.6 Å². The second kappa shape index (κ2) is 8.30. The second-order valence-electron chi connectivity index (χ2n) is 9.16. The van der Waals surface area contributed by atoms with Crippen LogP contribution >= 0.6 is 0 Å². The van der Waals surface area contributed by atoms with Crippen molar-refractivity contribution >= 4 is 17.4 Å². The molecule has 4 rings (SSSR count). The van der Waals surface area contributed by atoms with Gasteiger partial charge in [-0.15, -0.1) is 0 Å². The van der Waals surface area contributed by atoms with Crippen LogP contribution in [0.5, 0.6) is 0 Å². The summed E-state index contributed by atoms with van der Waals surface area (Å²) >= 11 is 0. The van der Waals surface area contributed by atoms with Gasteiger partial charge < -0.3 is 10.5 Å². The molecule has 2 heterocycles. The van der Waals surface area contributed by atoms with Crippen molar-refractivity contribution in [1.29, 1.82) is 0 Å². The average molecular weight is 471 g/mol. The standard InChI is InChI=1S/C25H24F3N3O3/c1-24(2)11-17-20(18(32)12-24)19(14-7-6-10-30-13-14)21(23(33)34-3)22(29)31(17)16-9-5-4-8-15(16)25(26,27)28/h4-10,13,19H,11-12,29H2,1-3H3. The van der Waals surface area contributed by atoms with Crippen molar-refractivity contribution in [2.45, 2.75) is 38.8 Å². The first kappa shape index (κ1) is 23.5. The van der Waals surface area contributed by atoms with E-state index in [9.17, 15) is 22.8 Å². The lowest BCUT2D eigenvalue weighted by atomic mass is 9.68. The number of ether oxygens (including phenoxy) is 1. The van der Waals surface area contributed by atoms with Gasteiger partial charge in [-0.1, -0.05) is 32.0 Å². The smallest absolute Gasteiger partial charge is 0.418 e. The minimum atomic E-state index is -4.68. The van der Waals surface area contributed by atoms with Crippen LogP contribution in [0.25, 0.3) is 0 Å². The lowest BCUT2D eigenvalue weighted by Crippen LogP contribution is -2.44. The average Bonchev–Trinajstić information content (AvgIpc) is 2.77. The number of hydrogen-bond donors (Lipinski definition) is 1. The van der Waals surface area contributed by atoms with Gasteiger partial charge in [-0.3, -0.25) is 14.7 Å². The number of benzene rings is 1. The molecule has 1 aromatic carbocycles. The molecule has 1 unspecified atom stereocenters. The summed E-state index contributed by atoms with van der Waals surface area (Å²) in [7, 11) is 1.16. The molecule has 9 heteroatoms. The maximum Gasteiger partial charge on any atom is 0.418 e. The highest BCUT2D eigenvalue weighted by molar-refractivity contribution is 6.05. The number of alkyl halides is 3. The number of esters is 1. The maximum absolute atomic E-state index is 14.0. The molecule has 0 fully saturated rings. The number of anilines is 1. The second-order valence-corrected chi connectivity index (χ2v) is 9.16. The molecule has 1 aliphatic heterocycles. The van der Waals surface area contributed by atoms with Crippen molar-refractivity contribution in [2.75, 3.05) is 12.0 Å². The van der Waals surface area contributed by atoms with Crippen molar-refractivity contribution in [3.63, 3.8) is 0 Å². The Morgan fingerprint density at radius 2 is 1.88 bits per heavy atom. The van der Waals surface area contributed by atoms with E-state index in [4.69, 9.17) is 10.5 Å². The number of methoxy groups -OCH3 is 1. The molecule has 34 heavy (non-hydrogen) atoms. The minimum Gasteiger partial charge on any atom is -0.466 e. The summed E-state index contributed by atoms with van der Waals surface area (Å²) in [6.07, 6.45) is -1.17. The predicted molar refractivity (Wildman–Crippen MR) is 119 cm³/mol. The first-order chi connectivity index (χ1) is 16.0. The van der Waals surface area contributed by atoms with Gasteiger partial charge in [-0.2, -0.15) is 13.2 Å². The molecule has 1 atom stereocenters. The molecule has 2 aromatic rings. The zero-order chi connectivity index (χ0) is 24.8. The minimum absolute atomic E-state index is 0.0979. The third kappa shape index (κ3) is 3.95. The Balaban J connectivity index is 2.08.